The summed E-state index contributed by atoms with van der Waals surface area (Å²) in [7, 11) is 0. The van der Waals surface area contributed by atoms with E-state index in [9.17, 15) is 13.6 Å². The summed E-state index contributed by atoms with van der Waals surface area (Å²) in [5, 5.41) is 9.11. The minimum Gasteiger partial charge on any atom is -0.397 e. The van der Waals surface area contributed by atoms with Gasteiger partial charge in [0.15, 0.2) is 0 Å². The molecule has 0 bridgehead atoms. The van der Waals surface area contributed by atoms with Crippen LogP contribution in [0.3, 0.4) is 0 Å². The van der Waals surface area contributed by atoms with Gasteiger partial charge in [-0.3, -0.25) is 4.79 Å². The number of carbonyl (C=O) groups excluding carboxylic acids is 1. The summed E-state index contributed by atoms with van der Waals surface area (Å²) in [6.07, 6.45) is 0. The topological polar surface area (TPSA) is 66.6 Å². The van der Waals surface area contributed by atoms with Crippen molar-refractivity contribution in [1.82, 2.24) is 0 Å². The molecule has 0 atom stereocenters. The van der Waals surface area contributed by atoms with Crippen molar-refractivity contribution in [3.8, 4) is 0 Å². The average Bonchev–Trinajstić information content (AvgIpc) is 2.47. The Balaban J connectivity index is 2.45. The third kappa shape index (κ3) is 3.17. The van der Waals surface area contributed by atoms with E-state index in [1.165, 1.54) is 0 Å². The maximum atomic E-state index is 13.7. The smallest absolute Gasteiger partial charge is 0.261 e. The Kier molecular flexibility index (Phi) is 4.49. The van der Waals surface area contributed by atoms with Gasteiger partial charge in [0, 0.05) is 6.54 Å². The maximum Gasteiger partial charge on any atom is 0.261 e. The zero-order chi connectivity index (χ0) is 15.4. The number of carbonyl (C=O) groups is 1. The number of nitrogen functional groups attached to an aromatic ring is 1. The van der Waals surface area contributed by atoms with Crippen molar-refractivity contribution < 1.29 is 18.7 Å². The molecule has 0 aliphatic rings. The van der Waals surface area contributed by atoms with E-state index in [4.69, 9.17) is 10.8 Å². The number of anilines is 2. The van der Waals surface area contributed by atoms with Gasteiger partial charge in [-0.25, -0.2) is 8.78 Å². The van der Waals surface area contributed by atoms with Gasteiger partial charge in [-0.2, -0.15) is 0 Å². The fourth-order valence-corrected chi connectivity index (χ4v) is 1.97. The molecule has 0 saturated carbocycles. The van der Waals surface area contributed by atoms with Crippen molar-refractivity contribution in [3.63, 3.8) is 0 Å². The van der Waals surface area contributed by atoms with Gasteiger partial charge in [-0.05, 0) is 30.3 Å². The standard InChI is InChI=1S/C15H14F2N2O2/c16-10-5-6-12(17)11(9-10)15(21)19(7-8-20)14-4-2-1-3-13(14)18/h1-6,9,20H,7-8,18H2. The molecule has 0 aromatic heterocycles. The van der Waals surface area contributed by atoms with E-state index in [1.54, 1.807) is 24.3 Å². The van der Waals surface area contributed by atoms with E-state index in [2.05, 4.69) is 0 Å². The summed E-state index contributed by atoms with van der Waals surface area (Å²) < 4.78 is 27.0. The Bertz CT molecular complexity index is 662. The summed E-state index contributed by atoms with van der Waals surface area (Å²) in [5.41, 5.74) is 6.02. The van der Waals surface area contributed by atoms with Gasteiger partial charge < -0.3 is 15.7 Å². The average molecular weight is 292 g/mol. The minimum atomic E-state index is -0.834. The molecule has 0 aliphatic heterocycles. The van der Waals surface area contributed by atoms with Gasteiger partial charge in [-0.15, -0.1) is 0 Å². The Labute approximate surface area is 120 Å². The Morgan fingerprint density at radius 3 is 2.57 bits per heavy atom. The lowest BCUT2D eigenvalue weighted by Gasteiger charge is -2.23. The van der Waals surface area contributed by atoms with Crippen LogP contribution in [-0.2, 0) is 0 Å². The largest absolute Gasteiger partial charge is 0.397 e. The SMILES string of the molecule is Nc1ccccc1N(CCO)C(=O)c1cc(F)ccc1F. The zero-order valence-corrected chi connectivity index (χ0v) is 11.1. The monoisotopic (exact) mass is 292 g/mol. The lowest BCUT2D eigenvalue weighted by molar-refractivity contribution is 0.0976. The zero-order valence-electron chi connectivity index (χ0n) is 11.1. The number of nitrogens with two attached hydrogens (primary N) is 1. The van der Waals surface area contributed by atoms with E-state index in [-0.39, 0.29) is 13.2 Å². The van der Waals surface area contributed by atoms with E-state index in [0.717, 1.165) is 23.1 Å². The number of amides is 1. The molecule has 0 unspecified atom stereocenters. The predicted octanol–water partition coefficient (Wildman–Crippen LogP) is 2.19. The first kappa shape index (κ1) is 14.9. The molecule has 0 spiro atoms. The molecule has 0 aliphatic carbocycles. The van der Waals surface area contributed by atoms with Crippen molar-refractivity contribution >= 4 is 17.3 Å². The summed E-state index contributed by atoms with van der Waals surface area (Å²) in [4.78, 5) is 13.5. The van der Waals surface area contributed by atoms with Gasteiger partial charge >= 0.3 is 0 Å². The van der Waals surface area contributed by atoms with E-state index in [1.807, 2.05) is 0 Å². The highest BCUT2D eigenvalue weighted by Crippen LogP contribution is 2.25. The summed E-state index contributed by atoms with van der Waals surface area (Å²) in [6, 6.07) is 9.12. The first-order valence-corrected chi connectivity index (χ1v) is 6.27. The van der Waals surface area contributed by atoms with Crippen molar-refractivity contribution in [1.29, 1.82) is 0 Å². The summed E-state index contributed by atoms with van der Waals surface area (Å²) >= 11 is 0. The third-order valence-electron chi connectivity index (χ3n) is 2.96. The maximum absolute atomic E-state index is 13.7. The van der Waals surface area contributed by atoms with Crippen LogP contribution < -0.4 is 10.6 Å². The molecule has 2 aromatic carbocycles. The summed E-state index contributed by atoms with van der Waals surface area (Å²) in [5.74, 6) is -2.32. The number of hydrogen-bond donors (Lipinski definition) is 2. The van der Waals surface area contributed by atoms with Crippen molar-refractivity contribution in [3.05, 3.63) is 59.7 Å². The van der Waals surface area contributed by atoms with Gasteiger partial charge in [0.05, 0.1) is 23.5 Å². The number of rotatable bonds is 4. The van der Waals surface area contributed by atoms with Gasteiger partial charge in [0.2, 0.25) is 0 Å². The van der Waals surface area contributed by atoms with Crippen LogP contribution in [0.15, 0.2) is 42.5 Å². The van der Waals surface area contributed by atoms with Crippen LogP contribution in [-0.4, -0.2) is 24.2 Å². The normalized spacial score (nSPS) is 10.4. The molecule has 2 aromatic rings. The number of benzene rings is 2. The van der Waals surface area contributed by atoms with E-state index >= 15 is 0 Å². The van der Waals surface area contributed by atoms with Crippen molar-refractivity contribution in [2.45, 2.75) is 0 Å². The quantitative estimate of drug-likeness (QED) is 0.849. The molecule has 0 heterocycles. The van der Waals surface area contributed by atoms with E-state index in [0.29, 0.717) is 11.4 Å². The fourth-order valence-electron chi connectivity index (χ4n) is 1.97. The lowest BCUT2D eigenvalue weighted by Crippen LogP contribution is -2.34. The number of nitrogens with zero attached hydrogens (tertiary/aromatic N) is 1. The lowest BCUT2D eigenvalue weighted by atomic mass is 10.1. The van der Waals surface area contributed by atoms with Crippen molar-refractivity contribution in [2.24, 2.45) is 0 Å². The molecular weight excluding hydrogens is 278 g/mol. The molecule has 0 saturated heterocycles. The third-order valence-corrected chi connectivity index (χ3v) is 2.96. The van der Waals surface area contributed by atoms with Gasteiger partial charge in [0.1, 0.15) is 11.6 Å². The number of halogens is 2. The van der Waals surface area contributed by atoms with Crippen LogP contribution in [0.2, 0.25) is 0 Å². The minimum absolute atomic E-state index is 0.0804. The second kappa shape index (κ2) is 6.32. The molecule has 4 nitrogen and oxygen atoms in total. The summed E-state index contributed by atoms with van der Waals surface area (Å²) in [6.45, 7) is -0.417. The highest BCUT2D eigenvalue weighted by molar-refractivity contribution is 6.07. The van der Waals surface area contributed by atoms with Gasteiger partial charge in [-0.1, -0.05) is 12.1 Å². The van der Waals surface area contributed by atoms with Crippen LogP contribution in [0.5, 0.6) is 0 Å². The molecule has 2 rings (SSSR count). The molecule has 6 heteroatoms. The first-order valence-electron chi connectivity index (χ1n) is 6.27. The van der Waals surface area contributed by atoms with Crippen LogP contribution in [0.1, 0.15) is 10.4 Å². The number of para-hydroxylation sites is 2. The molecule has 0 radical (unpaired) electrons. The first-order chi connectivity index (χ1) is 10.0. The molecule has 0 fully saturated rings. The van der Waals surface area contributed by atoms with E-state index < -0.39 is 23.1 Å². The molecule has 21 heavy (non-hydrogen) atoms. The highest BCUT2D eigenvalue weighted by Gasteiger charge is 2.22. The number of aliphatic hydroxyl groups is 1. The molecule has 110 valence electrons. The molecular formula is C15H14F2N2O2. The fraction of sp³-hybridized carbons (Fsp3) is 0.133. The number of hydrogen-bond acceptors (Lipinski definition) is 3. The predicted molar refractivity (Wildman–Crippen MR) is 76.0 cm³/mol. The van der Waals surface area contributed by atoms with Crippen LogP contribution in [0.4, 0.5) is 20.2 Å². The van der Waals surface area contributed by atoms with Crippen LogP contribution in [0, 0.1) is 11.6 Å². The van der Waals surface area contributed by atoms with Gasteiger partial charge in [0.25, 0.3) is 5.91 Å². The second-order valence-corrected chi connectivity index (χ2v) is 4.36. The second-order valence-electron chi connectivity index (χ2n) is 4.36. The van der Waals surface area contributed by atoms with Crippen LogP contribution >= 0.6 is 0 Å². The van der Waals surface area contributed by atoms with Crippen molar-refractivity contribution in [2.75, 3.05) is 23.8 Å². The molecule has 1 amide bonds. The Morgan fingerprint density at radius 2 is 1.90 bits per heavy atom. The Morgan fingerprint density at radius 1 is 1.19 bits per heavy atom. The number of aliphatic hydroxyl groups excluding tert-OH is 1. The van der Waals surface area contributed by atoms with Crippen LogP contribution in [0.25, 0.3) is 0 Å². The molecule has 3 N–H and O–H groups in total. The highest BCUT2D eigenvalue weighted by atomic mass is 19.1. The Hall–Kier alpha value is -2.47.